The SMILES string of the molecule is CC(=O)c1cc(NC(=O)NCCC(=O)O)ccc1F. The number of carbonyl (C=O) groups is 3. The summed E-state index contributed by atoms with van der Waals surface area (Å²) in [5.74, 6) is -2.14. The van der Waals surface area contributed by atoms with Crippen LogP contribution in [-0.4, -0.2) is 29.4 Å². The van der Waals surface area contributed by atoms with Crippen molar-refractivity contribution in [3.63, 3.8) is 0 Å². The fraction of sp³-hybridized carbons (Fsp3) is 0.250. The average molecular weight is 268 g/mol. The van der Waals surface area contributed by atoms with Crippen LogP contribution in [0.1, 0.15) is 23.7 Å². The van der Waals surface area contributed by atoms with Gasteiger partial charge in [0.1, 0.15) is 5.82 Å². The number of hydrogen-bond donors (Lipinski definition) is 3. The number of ketones is 1. The third-order valence-corrected chi connectivity index (χ3v) is 2.23. The molecule has 1 aromatic carbocycles. The molecule has 0 aliphatic heterocycles. The zero-order chi connectivity index (χ0) is 14.4. The minimum absolute atomic E-state index is 0.0259. The summed E-state index contributed by atoms with van der Waals surface area (Å²) >= 11 is 0. The third-order valence-electron chi connectivity index (χ3n) is 2.23. The Labute approximate surface area is 108 Å². The van der Waals surface area contributed by atoms with Gasteiger partial charge in [-0.15, -0.1) is 0 Å². The van der Waals surface area contributed by atoms with Crippen molar-refractivity contribution >= 4 is 23.5 Å². The number of halogens is 1. The molecule has 0 aromatic heterocycles. The second kappa shape index (κ2) is 6.48. The van der Waals surface area contributed by atoms with E-state index in [4.69, 9.17) is 5.11 Å². The predicted octanol–water partition coefficient (Wildman–Crippen LogP) is 1.62. The number of nitrogens with one attached hydrogen (secondary N) is 2. The number of benzene rings is 1. The molecular formula is C12H13FN2O4. The number of carbonyl (C=O) groups excluding carboxylic acids is 2. The molecule has 6 nitrogen and oxygen atoms in total. The molecule has 0 atom stereocenters. The fourth-order valence-electron chi connectivity index (χ4n) is 1.33. The highest BCUT2D eigenvalue weighted by atomic mass is 19.1. The van der Waals surface area contributed by atoms with E-state index in [1.165, 1.54) is 19.1 Å². The quantitative estimate of drug-likeness (QED) is 0.707. The number of urea groups is 1. The summed E-state index contributed by atoms with van der Waals surface area (Å²) in [7, 11) is 0. The van der Waals surface area contributed by atoms with Crippen molar-refractivity contribution in [2.75, 3.05) is 11.9 Å². The Bertz CT molecular complexity index is 516. The van der Waals surface area contributed by atoms with E-state index in [2.05, 4.69) is 10.6 Å². The van der Waals surface area contributed by atoms with Gasteiger partial charge in [-0.2, -0.15) is 0 Å². The maximum Gasteiger partial charge on any atom is 0.319 e. The van der Waals surface area contributed by atoms with Gasteiger partial charge >= 0.3 is 12.0 Å². The van der Waals surface area contributed by atoms with Crippen LogP contribution in [0.2, 0.25) is 0 Å². The Kier molecular flexibility index (Phi) is 4.99. The minimum Gasteiger partial charge on any atom is -0.481 e. The van der Waals surface area contributed by atoms with Gasteiger partial charge in [0.25, 0.3) is 0 Å². The molecule has 0 bridgehead atoms. The lowest BCUT2D eigenvalue weighted by molar-refractivity contribution is -0.136. The maximum absolute atomic E-state index is 13.2. The second-order valence-corrected chi connectivity index (χ2v) is 3.78. The van der Waals surface area contributed by atoms with Crippen molar-refractivity contribution in [1.29, 1.82) is 0 Å². The van der Waals surface area contributed by atoms with E-state index >= 15 is 0 Å². The Morgan fingerprint density at radius 1 is 1.32 bits per heavy atom. The van der Waals surface area contributed by atoms with Gasteiger partial charge in [-0.1, -0.05) is 0 Å². The summed E-state index contributed by atoms with van der Waals surface area (Å²) in [6, 6.07) is 2.97. The molecule has 2 amide bonds. The molecule has 0 aliphatic rings. The number of carboxylic acid groups (broad SMARTS) is 1. The van der Waals surface area contributed by atoms with E-state index < -0.39 is 23.6 Å². The van der Waals surface area contributed by atoms with Crippen LogP contribution in [0, 0.1) is 5.82 Å². The molecule has 7 heteroatoms. The van der Waals surface area contributed by atoms with Gasteiger partial charge in [0, 0.05) is 12.2 Å². The molecule has 0 radical (unpaired) electrons. The maximum atomic E-state index is 13.2. The topological polar surface area (TPSA) is 95.5 Å². The lowest BCUT2D eigenvalue weighted by Gasteiger charge is -2.08. The first kappa shape index (κ1) is 14.6. The first-order chi connectivity index (χ1) is 8.90. The van der Waals surface area contributed by atoms with Crippen molar-refractivity contribution in [1.82, 2.24) is 5.32 Å². The van der Waals surface area contributed by atoms with Gasteiger partial charge in [-0.05, 0) is 25.1 Å². The molecule has 0 saturated carbocycles. The first-order valence-corrected chi connectivity index (χ1v) is 5.47. The van der Waals surface area contributed by atoms with Crippen molar-refractivity contribution in [3.8, 4) is 0 Å². The van der Waals surface area contributed by atoms with E-state index in [1.807, 2.05) is 0 Å². The van der Waals surface area contributed by atoms with Crippen LogP contribution in [0.25, 0.3) is 0 Å². The lowest BCUT2D eigenvalue weighted by Crippen LogP contribution is -2.30. The van der Waals surface area contributed by atoms with Crippen LogP contribution in [0.15, 0.2) is 18.2 Å². The highest BCUT2D eigenvalue weighted by Crippen LogP contribution is 2.15. The van der Waals surface area contributed by atoms with Crippen molar-refractivity contribution in [2.45, 2.75) is 13.3 Å². The summed E-state index contributed by atoms with van der Waals surface area (Å²) in [5.41, 5.74) is 0.128. The van der Waals surface area contributed by atoms with Gasteiger partial charge in [0.2, 0.25) is 0 Å². The van der Waals surface area contributed by atoms with Crippen LogP contribution in [0.3, 0.4) is 0 Å². The van der Waals surface area contributed by atoms with Crippen molar-refractivity contribution in [3.05, 3.63) is 29.6 Å². The standard InChI is InChI=1S/C12H13FN2O4/c1-7(16)9-6-8(2-3-10(9)13)15-12(19)14-5-4-11(17)18/h2-3,6H,4-5H2,1H3,(H,17,18)(H2,14,15,19). The van der Waals surface area contributed by atoms with Gasteiger partial charge in [-0.3, -0.25) is 9.59 Å². The molecule has 19 heavy (non-hydrogen) atoms. The van der Waals surface area contributed by atoms with Crippen LogP contribution in [0.5, 0.6) is 0 Å². The van der Waals surface area contributed by atoms with E-state index in [9.17, 15) is 18.8 Å². The third kappa shape index (κ3) is 4.74. The molecule has 0 saturated heterocycles. The molecule has 1 rings (SSSR count). The molecule has 0 fully saturated rings. The van der Waals surface area contributed by atoms with Gasteiger partial charge < -0.3 is 15.7 Å². The Hall–Kier alpha value is -2.44. The van der Waals surface area contributed by atoms with E-state index in [-0.39, 0.29) is 24.2 Å². The smallest absolute Gasteiger partial charge is 0.319 e. The van der Waals surface area contributed by atoms with E-state index in [0.717, 1.165) is 6.07 Å². The molecule has 1 aromatic rings. The average Bonchev–Trinajstić information content (AvgIpc) is 2.30. The highest BCUT2D eigenvalue weighted by Gasteiger charge is 2.09. The van der Waals surface area contributed by atoms with E-state index in [0.29, 0.717) is 0 Å². The Morgan fingerprint density at radius 2 is 2.00 bits per heavy atom. The lowest BCUT2D eigenvalue weighted by atomic mass is 10.1. The summed E-state index contributed by atoms with van der Waals surface area (Å²) < 4.78 is 13.2. The number of carboxylic acids is 1. The van der Waals surface area contributed by atoms with Crippen molar-refractivity contribution < 1.29 is 23.9 Å². The number of rotatable bonds is 5. The summed E-state index contributed by atoms with van der Waals surface area (Å²) in [4.78, 5) is 32.7. The number of anilines is 1. The van der Waals surface area contributed by atoms with Crippen molar-refractivity contribution in [2.24, 2.45) is 0 Å². The molecule has 102 valence electrons. The van der Waals surface area contributed by atoms with Gasteiger partial charge in [0.15, 0.2) is 5.78 Å². The predicted molar refractivity (Wildman–Crippen MR) is 65.7 cm³/mol. The highest BCUT2D eigenvalue weighted by molar-refractivity contribution is 5.97. The van der Waals surface area contributed by atoms with Crippen LogP contribution in [0.4, 0.5) is 14.9 Å². The van der Waals surface area contributed by atoms with Gasteiger partial charge in [0.05, 0.1) is 12.0 Å². The van der Waals surface area contributed by atoms with Crippen LogP contribution < -0.4 is 10.6 Å². The molecule has 0 aliphatic carbocycles. The fourth-order valence-corrected chi connectivity index (χ4v) is 1.33. The normalized spacial score (nSPS) is 9.79. The molecule has 0 heterocycles. The Morgan fingerprint density at radius 3 is 2.58 bits per heavy atom. The second-order valence-electron chi connectivity index (χ2n) is 3.78. The number of aliphatic carboxylic acids is 1. The summed E-state index contributed by atoms with van der Waals surface area (Å²) in [6.07, 6.45) is -0.199. The monoisotopic (exact) mass is 268 g/mol. The Balaban J connectivity index is 2.62. The van der Waals surface area contributed by atoms with E-state index in [1.54, 1.807) is 0 Å². The zero-order valence-electron chi connectivity index (χ0n) is 10.2. The molecule has 0 unspecified atom stereocenters. The van der Waals surface area contributed by atoms with Gasteiger partial charge in [-0.25, -0.2) is 9.18 Å². The molecule has 3 N–H and O–H groups in total. The largest absolute Gasteiger partial charge is 0.481 e. The number of hydrogen-bond acceptors (Lipinski definition) is 3. The zero-order valence-corrected chi connectivity index (χ0v) is 10.2. The van der Waals surface area contributed by atoms with Crippen LogP contribution >= 0.6 is 0 Å². The summed E-state index contributed by atoms with van der Waals surface area (Å²) in [6.45, 7) is 1.19. The summed E-state index contributed by atoms with van der Waals surface area (Å²) in [5, 5.41) is 13.1. The number of Topliss-reactive ketones (excluding diaryl/α,β-unsaturated/α-hetero) is 1. The molecule has 0 spiro atoms. The minimum atomic E-state index is -1.03. The number of amides is 2. The molecular weight excluding hydrogens is 255 g/mol. The first-order valence-electron chi connectivity index (χ1n) is 5.47. The van der Waals surface area contributed by atoms with Crippen LogP contribution in [-0.2, 0) is 4.79 Å².